The molecule has 0 amide bonds. The van der Waals surface area contributed by atoms with E-state index in [0.29, 0.717) is 23.5 Å². The van der Waals surface area contributed by atoms with Crippen LogP contribution in [0.1, 0.15) is 30.5 Å². The monoisotopic (exact) mass is 403 g/mol. The molecule has 1 aliphatic heterocycles. The van der Waals surface area contributed by atoms with Crippen molar-refractivity contribution in [3.05, 3.63) is 47.9 Å². The average Bonchev–Trinajstić information content (AvgIpc) is 3.22. The van der Waals surface area contributed by atoms with E-state index in [0.717, 1.165) is 36.5 Å². The molecule has 154 valence electrons. The van der Waals surface area contributed by atoms with Gasteiger partial charge in [0, 0.05) is 18.2 Å². The van der Waals surface area contributed by atoms with Gasteiger partial charge < -0.3 is 15.0 Å². The Kier molecular flexibility index (Phi) is 5.63. The normalized spacial score (nSPS) is 19.3. The van der Waals surface area contributed by atoms with Gasteiger partial charge in [0.25, 0.3) is 0 Å². The van der Waals surface area contributed by atoms with Gasteiger partial charge in [-0.3, -0.25) is 5.10 Å². The number of nitrogens with one attached hydrogen (secondary N) is 2. The van der Waals surface area contributed by atoms with Crippen molar-refractivity contribution in [3.8, 4) is 23.1 Å². The lowest BCUT2D eigenvalue weighted by Gasteiger charge is -2.35. The number of benzene rings is 1. The van der Waals surface area contributed by atoms with Crippen LogP contribution in [0, 0.1) is 17.2 Å². The first-order valence-electron chi connectivity index (χ1n) is 9.99. The molecular weight excluding hydrogens is 378 g/mol. The Morgan fingerprint density at radius 2 is 2.10 bits per heavy atom. The molecule has 3 heterocycles. The van der Waals surface area contributed by atoms with Crippen LogP contribution in [-0.2, 0) is 0 Å². The predicted molar refractivity (Wildman–Crippen MR) is 115 cm³/mol. The van der Waals surface area contributed by atoms with E-state index in [-0.39, 0.29) is 5.69 Å². The van der Waals surface area contributed by atoms with E-state index >= 15 is 0 Å². The van der Waals surface area contributed by atoms with Crippen molar-refractivity contribution in [2.24, 2.45) is 5.92 Å². The number of methoxy groups -OCH3 is 1. The third-order valence-corrected chi connectivity index (χ3v) is 5.65. The van der Waals surface area contributed by atoms with Crippen molar-refractivity contribution >= 4 is 11.6 Å². The summed E-state index contributed by atoms with van der Waals surface area (Å²) in [6.45, 7) is 4.55. The molecule has 1 fully saturated rings. The molecule has 2 aromatic heterocycles. The van der Waals surface area contributed by atoms with Crippen molar-refractivity contribution in [1.29, 1.82) is 5.26 Å². The summed E-state index contributed by atoms with van der Waals surface area (Å²) in [6, 6.07) is 10.3. The van der Waals surface area contributed by atoms with E-state index < -0.39 is 0 Å². The number of likely N-dealkylation sites (tertiary alicyclic amines) is 1. The van der Waals surface area contributed by atoms with Gasteiger partial charge in [0.2, 0.25) is 0 Å². The fraction of sp³-hybridized carbons (Fsp3) is 0.364. The Morgan fingerprint density at radius 1 is 1.23 bits per heavy atom. The summed E-state index contributed by atoms with van der Waals surface area (Å²) in [5.41, 5.74) is 3.39. The number of nitriles is 1. The number of aromatic amines is 1. The molecule has 8 nitrogen and oxygen atoms in total. The minimum absolute atomic E-state index is 0.270. The first-order chi connectivity index (χ1) is 14.6. The summed E-state index contributed by atoms with van der Waals surface area (Å²) in [5.74, 6) is 3.10. The van der Waals surface area contributed by atoms with Crippen LogP contribution in [0.4, 0.5) is 11.6 Å². The van der Waals surface area contributed by atoms with Gasteiger partial charge in [-0.25, -0.2) is 9.97 Å². The molecule has 2 atom stereocenters. The molecule has 1 aliphatic rings. The number of hydrogen-bond acceptors (Lipinski definition) is 7. The number of nitrogens with zero attached hydrogens (tertiary/aromatic N) is 5. The van der Waals surface area contributed by atoms with Crippen molar-refractivity contribution in [1.82, 2.24) is 25.1 Å². The first-order valence-corrected chi connectivity index (χ1v) is 9.99. The smallest absolute Gasteiger partial charge is 0.158 e. The molecule has 4 rings (SSSR count). The number of piperidine rings is 1. The highest BCUT2D eigenvalue weighted by molar-refractivity contribution is 5.71. The third-order valence-electron chi connectivity index (χ3n) is 5.65. The fourth-order valence-electron chi connectivity index (χ4n) is 4.12. The largest absolute Gasteiger partial charge is 0.496 e. The highest BCUT2D eigenvalue weighted by Crippen LogP contribution is 2.37. The summed E-state index contributed by atoms with van der Waals surface area (Å²) < 4.78 is 5.71. The van der Waals surface area contributed by atoms with Gasteiger partial charge in [-0.1, -0.05) is 13.0 Å². The molecule has 8 heteroatoms. The van der Waals surface area contributed by atoms with Crippen LogP contribution in [0.25, 0.3) is 11.3 Å². The predicted octanol–water partition coefficient (Wildman–Crippen LogP) is 3.55. The number of rotatable bonds is 5. The Morgan fingerprint density at radius 3 is 2.80 bits per heavy atom. The van der Waals surface area contributed by atoms with Crippen LogP contribution < -0.4 is 10.1 Å². The average molecular weight is 403 g/mol. The van der Waals surface area contributed by atoms with E-state index in [2.05, 4.69) is 62.6 Å². The Bertz CT molecular complexity index is 1050. The van der Waals surface area contributed by atoms with Gasteiger partial charge in [-0.2, -0.15) is 10.4 Å². The summed E-state index contributed by atoms with van der Waals surface area (Å²) in [5, 5.41) is 19.3. The number of H-pyrrole nitrogens is 1. The standard InChI is InChI=1S/C22H25N7O/c1-14-13-29(2)7-6-17(14)15-4-5-18(20(8-15)30-3)19-9-21(28-27-19)26-22-12-24-16(10-23)11-25-22/h4-5,8-9,11-12,14,17H,6-7,13H2,1-3H3,(H2,25,26,27,28)/t14-,17-/m0/s1. The van der Waals surface area contributed by atoms with E-state index in [1.54, 1.807) is 7.11 Å². The number of hydrogen-bond donors (Lipinski definition) is 2. The van der Waals surface area contributed by atoms with Gasteiger partial charge in [-0.05, 0) is 49.5 Å². The zero-order valence-corrected chi connectivity index (χ0v) is 17.4. The number of aromatic nitrogens is 4. The molecule has 30 heavy (non-hydrogen) atoms. The van der Waals surface area contributed by atoms with Gasteiger partial charge >= 0.3 is 0 Å². The molecule has 2 N–H and O–H groups in total. The quantitative estimate of drug-likeness (QED) is 0.671. The van der Waals surface area contributed by atoms with Gasteiger partial charge in [0.05, 0.1) is 25.2 Å². The lowest BCUT2D eigenvalue weighted by molar-refractivity contribution is 0.195. The lowest BCUT2D eigenvalue weighted by Crippen LogP contribution is -2.35. The lowest BCUT2D eigenvalue weighted by atomic mass is 9.81. The molecule has 0 radical (unpaired) electrons. The maximum absolute atomic E-state index is 8.82. The zero-order chi connectivity index (χ0) is 21.1. The molecular formula is C22H25N7O. The van der Waals surface area contributed by atoms with Crippen LogP contribution in [0.3, 0.4) is 0 Å². The summed E-state index contributed by atoms with van der Waals surface area (Å²) >= 11 is 0. The Balaban J connectivity index is 1.54. The molecule has 0 bridgehead atoms. The fourth-order valence-corrected chi connectivity index (χ4v) is 4.12. The topological polar surface area (TPSA) is 103 Å². The van der Waals surface area contributed by atoms with E-state index in [1.807, 2.05) is 12.1 Å². The van der Waals surface area contributed by atoms with Crippen molar-refractivity contribution in [2.75, 3.05) is 32.6 Å². The highest BCUT2D eigenvalue weighted by Gasteiger charge is 2.26. The molecule has 0 unspecified atom stereocenters. The van der Waals surface area contributed by atoms with E-state index in [4.69, 9.17) is 10.00 Å². The first kappa shape index (κ1) is 19.9. The van der Waals surface area contributed by atoms with Crippen molar-refractivity contribution < 1.29 is 4.74 Å². The molecule has 1 aromatic carbocycles. The molecule has 0 saturated carbocycles. The third kappa shape index (κ3) is 4.11. The van der Waals surface area contributed by atoms with E-state index in [1.165, 1.54) is 18.0 Å². The minimum Gasteiger partial charge on any atom is -0.496 e. The highest BCUT2D eigenvalue weighted by atomic mass is 16.5. The molecule has 1 saturated heterocycles. The van der Waals surface area contributed by atoms with E-state index in [9.17, 15) is 0 Å². The maximum atomic E-state index is 8.82. The van der Waals surface area contributed by atoms with Gasteiger partial charge in [0.1, 0.15) is 17.6 Å². The van der Waals surface area contributed by atoms with Crippen LogP contribution in [-0.4, -0.2) is 52.3 Å². The maximum Gasteiger partial charge on any atom is 0.158 e. The van der Waals surface area contributed by atoms with Crippen molar-refractivity contribution in [3.63, 3.8) is 0 Å². The number of anilines is 2. The van der Waals surface area contributed by atoms with Crippen LogP contribution in [0.15, 0.2) is 36.7 Å². The zero-order valence-electron chi connectivity index (χ0n) is 17.4. The SMILES string of the molecule is COc1cc([C@H]2CCN(C)C[C@@H]2C)ccc1-c1cc(Nc2cnc(C#N)cn2)n[nH]1. The van der Waals surface area contributed by atoms with Gasteiger partial charge in [0.15, 0.2) is 11.5 Å². The second-order valence-corrected chi connectivity index (χ2v) is 7.78. The Labute approximate surface area is 175 Å². The second-order valence-electron chi connectivity index (χ2n) is 7.78. The number of ether oxygens (including phenoxy) is 1. The molecule has 3 aromatic rings. The Hall–Kier alpha value is -3.44. The van der Waals surface area contributed by atoms with Crippen LogP contribution in [0.5, 0.6) is 5.75 Å². The summed E-state index contributed by atoms with van der Waals surface area (Å²) in [6.07, 6.45) is 4.08. The minimum atomic E-state index is 0.270. The summed E-state index contributed by atoms with van der Waals surface area (Å²) in [4.78, 5) is 10.6. The van der Waals surface area contributed by atoms with Gasteiger partial charge in [-0.15, -0.1) is 0 Å². The second kappa shape index (κ2) is 8.51. The van der Waals surface area contributed by atoms with Crippen LogP contribution in [0.2, 0.25) is 0 Å². The molecule has 0 spiro atoms. The molecule has 0 aliphatic carbocycles. The summed E-state index contributed by atoms with van der Waals surface area (Å²) in [7, 11) is 3.88. The van der Waals surface area contributed by atoms with Crippen LogP contribution >= 0.6 is 0 Å². The van der Waals surface area contributed by atoms with Crippen molar-refractivity contribution in [2.45, 2.75) is 19.3 Å².